The molecule has 3 N–H and O–H groups in total. The lowest BCUT2D eigenvalue weighted by atomic mass is 10.1. The molecular formula is C12H13F2N3O3. The molecule has 1 saturated carbocycles. The molecule has 6 nitrogen and oxygen atoms in total. The van der Waals surface area contributed by atoms with Gasteiger partial charge in [0.2, 0.25) is 5.82 Å². The number of rotatable bonds is 5. The second-order valence-corrected chi connectivity index (χ2v) is 4.72. The van der Waals surface area contributed by atoms with Crippen molar-refractivity contribution in [3.05, 3.63) is 39.4 Å². The molecule has 1 aliphatic carbocycles. The van der Waals surface area contributed by atoms with E-state index >= 15 is 0 Å². The smallest absolute Gasteiger partial charge is 0.305 e. The minimum atomic E-state index is -1.48. The van der Waals surface area contributed by atoms with E-state index in [1.54, 1.807) is 0 Å². The quantitative estimate of drug-likeness (QED) is 0.630. The number of carbonyl (C=O) groups is 1. The van der Waals surface area contributed by atoms with Gasteiger partial charge < -0.3 is 11.1 Å². The van der Waals surface area contributed by atoms with Gasteiger partial charge in [-0.05, 0) is 24.8 Å². The summed E-state index contributed by atoms with van der Waals surface area (Å²) in [5.74, 6) is -3.35. The highest BCUT2D eigenvalue weighted by Gasteiger charge is 2.30. The van der Waals surface area contributed by atoms with Crippen LogP contribution in [0.3, 0.4) is 0 Å². The lowest BCUT2D eigenvalue weighted by Crippen LogP contribution is -2.39. The first-order valence-corrected chi connectivity index (χ1v) is 6.08. The topological polar surface area (TPSA) is 98.3 Å². The maximum absolute atomic E-state index is 13.8. The van der Waals surface area contributed by atoms with E-state index in [0.29, 0.717) is 18.1 Å². The fourth-order valence-corrected chi connectivity index (χ4v) is 1.88. The van der Waals surface area contributed by atoms with Gasteiger partial charge in [0.25, 0.3) is 5.91 Å². The average molecular weight is 285 g/mol. The second kappa shape index (κ2) is 5.49. The minimum Gasteiger partial charge on any atom is -0.350 e. The third-order valence-corrected chi connectivity index (χ3v) is 3.22. The molecule has 1 fully saturated rings. The molecule has 1 amide bonds. The van der Waals surface area contributed by atoms with E-state index in [9.17, 15) is 23.7 Å². The van der Waals surface area contributed by atoms with Crippen LogP contribution in [0, 0.1) is 27.7 Å². The minimum absolute atomic E-state index is 0.0745. The van der Waals surface area contributed by atoms with Gasteiger partial charge in [0.05, 0.1) is 4.92 Å². The van der Waals surface area contributed by atoms with Crippen LogP contribution in [-0.2, 0) is 0 Å². The summed E-state index contributed by atoms with van der Waals surface area (Å²) < 4.78 is 27.2. The summed E-state index contributed by atoms with van der Waals surface area (Å²) in [5, 5.41) is 12.9. The number of nitrogens with one attached hydrogen (secondary N) is 1. The van der Waals surface area contributed by atoms with Crippen molar-refractivity contribution in [2.45, 2.75) is 18.9 Å². The van der Waals surface area contributed by atoms with Crippen LogP contribution in [0.2, 0.25) is 0 Å². The van der Waals surface area contributed by atoms with E-state index in [2.05, 4.69) is 5.32 Å². The molecule has 0 aliphatic heterocycles. The van der Waals surface area contributed by atoms with Crippen LogP contribution in [0.4, 0.5) is 14.5 Å². The highest BCUT2D eigenvalue weighted by Crippen LogP contribution is 2.31. The summed E-state index contributed by atoms with van der Waals surface area (Å²) in [6.45, 7) is 0.0745. The number of hydrogen-bond donors (Lipinski definition) is 2. The van der Waals surface area contributed by atoms with Crippen LogP contribution in [0.15, 0.2) is 12.1 Å². The van der Waals surface area contributed by atoms with Crippen LogP contribution in [-0.4, -0.2) is 23.4 Å². The fourth-order valence-electron chi connectivity index (χ4n) is 1.88. The molecule has 0 spiro atoms. The van der Waals surface area contributed by atoms with Crippen molar-refractivity contribution in [2.75, 3.05) is 6.54 Å². The standard InChI is InChI=1S/C12H13F2N3O3/c13-7-3-4-9(17(19)20)11(14)10(7)12(18)16-5-8(15)6-1-2-6/h3-4,6,8H,1-2,5,15H2,(H,16,18). The van der Waals surface area contributed by atoms with Crippen LogP contribution in [0.5, 0.6) is 0 Å². The van der Waals surface area contributed by atoms with Gasteiger partial charge in [-0.15, -0.1) is 0 Å². The molecule has 0 bridgehead atoms. The Morgan fingerprint density at radius 1 is 1.50 bits per heavy atom. The molecule has 0 heterocycles. The van der Waals surface area contributed by atoms with E-state index in [4.69, 9.17) is 5.73 Å². The Morgan fingerprint density at radius 3 is 2.70 bits per heavy atom. The zero-order valence-electron chi connectivity index (χ0n) is 10.4. The van der Waals surface area contributed by atoms with Crippen molar-refractivity contribution < 1.29 is 18.5 Å². The molecule has 1 unspecified atom stereocenters. The largest absolute Gasteiger partial charge is 0.350 e. The number of amides is 1. The van der Waals surface area contributed by atoms with Crippen molar-refractivity contribution in [2.24, 2.45) is 11.7 Å². The Balaban J connectivity index is 2.15. The molecule has 1 aromatic carbocycles. The lowest BCUT2D eigenvalue weighted by molar-refractivity contribution is -0.387. The number of nitro benzene ring substituents is 1. The summed E-state index contributed by atoms with van der Waals surface area (Å²) >= 11 is 0. The first kappa shape index (κ1) is 14.3. The average Bonchev–Trinajstić information content (AvgIpc) is 3.19. The monoisotopic (exact) mass is 285 g/mol. The van der Waals surface area contributed by atoms with Gasteiger partial charge in [-0.3, -0.25) is 14.9 Å². The molecule has 0 radical (unpaired) electrons. The number of carbonyl (C=O) groups excluding carboxylic acids is 1. The second-order valence-electron chi connectivity index (χ2n) is 4.72. The summed E-state index contributed by atoms with van der Waals surface area (Å²) in [4.78, 5) is 21.3. The summed E-state index contributed by atoms with van der Waals surface area (Å²) in [5.41, 5.74) is 3.85. The number of nitro groups is 1. The Bertz CT molecular complexity index is 561. The highest BCUT2D eigenvalue weighted by molar-refractivity contribution is 5.95. The molecule has 0 saturated heterocycles. The Morgan fingerprint density at radius 2 is 2.15 bits per heavy atom. The molecule has 108 valence electrons. The SMILES string of the molecule is NC(CNC(=O)c1c(F)ccc([N+](=O)[O-])c1F)C1CC1. The van der Waals surface area contributed by atoms with Crippen molar-refractivity contribution in [1.82, 2.24) is 5.32 Å². The van der Waals surface area contributed by atoms with Crippen LogP contribution < -0.4 is 11.1 Å². The molecule has 2 rings (SSSR count). The summed E-state index contributed by atoms with van der Waals surface area (Å²) in [6.07, 6.45) is 1.94. The van der Waals surface area contributed by atoms with Gasteiger partial charge in [0, 0.05) is 18.7 Å². The third kappa shape index (κ3) is 2.90. The van der Waals surface area contributed by atoms with Crippen molar-refractivity contribution in [3.8, 4) is 0 Å². The van der Waals surface area contributed by atoms with Crippen LogP contribution >= 0.6 is 0 Å². The van der Waals surface area contributed by atoms with Crippen molar-refractivity contribution in [3.63, 3.8) is 0 Å². The van der Waals surface area contributed by atoms with E-state index in [-0.39, 0.29) is 12.6 Å². The third-order valence-electron chi connectivity index (χ3n) is 3.22. The molecule has 1 atom stereocenters. The lowest BCUT2D eigenvalue weighted by Gasteiger charge is -2.12. The Labute approximate surface area is 113 Å². The van der Waals surface area contributed by atoms with Crippen molar-refractivity contribution in [1.29, 1.82) is 0 Å². The number of halogens is 2. The van der Waals surface area contributed by atoms with Gasteiger partial charge in [-0.25, -0.2) is 4.39 Å². The van der Waals surface area contributed by atoms with Gasteiger partial charge in [0.15, 0.2) is 0 Å². The predicted octanol–water partition coefficient (Wildman–Crippen LogP) is 1.34. The van der Waals surface area contributed by atoms with E-state index < -0.39 is 33.7 Å². The molecule has 1 aliphatic rings. The Hall–Kier alpha value is -2.09. The molecular weight excluding hydrogens is 272 g/mol. The van der Waals surface area contributed by atoms with Gasteiger partial charge in [0.1, 0.15) is 11.4 Å². The number of benzene rings is 1. The van der Waals surface area contributed by atoms with Gasteiger partial charge in [-0.1, -0.05) is 0 Å². The summed E-state index contributed by atoms with van der Waals surface area (Å²) in [6, 6.07) is 1.10. The maximum Gasteiger partial charge on any atom is 0.305 e. The summed E-state index contributed by atoms with van der Waals surface area (Å²) in [7, 11) is 0. The fraction of sp³-hybridized carbons (Fsp3) is 0.417. The zero-order chi connectivity index (χ0) is 14.9. The van der Waals surface area contributed by atoms with Crippen LogP contribution in [0.25, 0.3) is 0 Å². The molecule has 20 heavy (non-hydrogen) atoms. The van der Waals surface area contributed by atoms with Gasteiger partial charge >= 0.3 is 5.69 Å². The highest BCUT2D eigenvalue weighted by atomic mass is 19.1. The van der Waals surface area contributed by atoms with E-state index in [1.165, 1.54) is 0 Å². The molecule has 0 aromatic heterocycles. The van der Waals surface area contributed by atoms with Gasteiger partial charge in [-0.2, -0.15) is 4.39 Å². The molecule has 8 heteroatoms. The normalized spacial score (nSPS) is 15.8. The first-order valence-electron chi connectivity index (χ1n) is 6.08. The Kier molecular flexibility index (Phi) is 3.93. The predicted molar refractivity (Wildman–Crippen MR) is 66.0 cm³/mol. The first-order chi connectivity index (χ1) is 9.41. The number of hydrogen-bond acceptors (Lipinski definition) is 4. The van der Waals surface area contributed by atoms with E-state index in [1.807, 2.05) is 0 Å². The molecule has 1 aromatic rings. The zero-order valence-corrected chi connectivity index (χ0v) is 10.4. The number of nitrogens with two attached hydrogens (primary N) is 1. The van der Waals surface area contributed by atoms with E-state index in [0.717, 1.165) is 12.8 Å². The number of nitrogens with zero attached hydrogens (tertiary/aromatic N) is 1. The maximum atomic E-state index is 13.8. The van der Waals surface area contributed by atoms with Crippen LogP contribution in [0.1, 0.15) is 23.2 Å². The van der Waals surface area contributed by atoms with Crippen molar-refractivity contribution >= 4 is 11.6 Å².